The van der Waals surface area contributed by atoms with Gasteiger partial charge in [-0.25, -0.2) is 4.79 Å². The summed E-state index contributed by atoms with van der Waals surface area (Å²) in [4.78, 5) is 50.8. The highest BCUT2D eigenvalue weighted by atomic mass is 32.1. The standard InChI is InChI=1S/C14H27N7O5S2/c15-7(5-27)11(23)19-4-10(22)20-8(2-1-3-18-14(16)17)12(24)21-9(6-28)13(25)26/h7-9,27-28H,1-6,15H2,(H,19,23)(H,20,22)(H,21,24)(H,25,26)(H4,16,17,18). The van der Waals surface area contributed by atoms with Gasteiger partial charge in [-0.3, -0.25) is 19.4 Å². The lowest BCUT2D eigenvalue weighted by Gasteiger charge is -2.21. The van der Waals surface area contributed by atoms with Crippen LogP contribution in [0.4, 0.5) is 0 Å². The summed E-state index contributed by atoms with van der Waals surface area (Å²) in [6, 6.07) is -3.15. The van der Waals surface area contributed by atoms with Crippen LogP contribution in [0.25, 0.3) is 0 Å². The molecule has 0 aliphatic heterocycles. The SMILES string of the molecule is NC(N)=NCCCC(NC(=O)CNC(=O)C(N)CS)C(=O)NC(CS)C(=O)O. The van der Waals surface area contributed by atoms with Crippen molar-refractivity contribution in [3.63, 3.8) is 0 Å². The van der Waals surface area contributed by atoms with Crippen molar-refractivity contribution in [2.75, 3.05) is 24.6 Å². The van der Waals surface area contributed by atoms with E-state index >= 15 is 0 Å². The molecule has 0 fully saturated rings. The number of amides is 3. The monoisotopic (exact) mass is 437 g/mol. The van der Waals surface area contributed by atoms with Gasteiger partial charge in [-0.1, -0.05) is 0 Å². The van der Waals surface area contributed by atoms with Crippen molar-refractivity contribution in [1.82, 2.24) is 16.0 Å². The van der Waals surface area contributed by atoms with Crippen molar-refractivity contribution in [2.24, 2.45) is 22.2 Å². The fourth-order valence-corrected chi connectivity index (χ4v) is 2.27. The first kappa shape index (κ1) is 25.8. The van der Waals surface area contributed by atoms with Crippen LogP contribution in [0.2, 0.25) is 0 Å². The highest BCUT2D eigenvalue weighted by molar-refractivity contribution is 7.80. The molecule has 0 aliphatic carbocycles. The molecule has 3 atom stereocenters. The maximum atomic E-state index is 12.3. The zero-order chi connectivity index (χ0) is 21.7. The second kappa shape index (κ2) is 13.9. The van der Waals surface area contributed by atoms with Gasteiger partial charge in [-0.05, 0) is 12.8 Å². The first-order chi connectivity index (χ1) is 13.1. The summed E-state index contributed by atoms with van der Waals surface area (Å²) in [5.74, 6) is -3.34. The van der Waals surface area contributed by atoms with E-state index in [9.17, 15) is 19.2 Å². The fraction of sp³-hybridized carbons (Fsp3) is 0.643. The third-order valence-corrected chi connectivity index (χ3v) is 4.11. The van der Waals surface area contributed by atoms with Gasteiger partial charge in [0.1, 0.15) is 12.1 Å². The van der Waals surface area contributed by atoms with Gasteiger partial charge in [0.2, 0.25) is 17.7 Å². The average molecular weight is 438 g/mol. The Hall–Kier alpha value is -2.19. The highest BCUT2D eigenvalue weighted by Gasteiger charge is 2.25. The number of aliphatic carboxylic acids is 1. The normalized spacial score (nSPS) is 13.5. The molecule has 0 bridgehead atoms. The van der Waals surface area contributed by atoms with E-state index in [2.05, 4.69) is 46.2 Å². The number of carboxylic acids is 1. The fourth-order valence-electron chi connectivity index (χ4n) is 1.86. The van der Waals surface area contributed by atoms with Crippen molar-refractivity contribution >= 4 is 54.9 Å². The molecule has 0 aromatic carbocycles. The number of carbonyl (C=O) groups is 4. The summed E-state index contributed by atoms with van der Waals surface area (Å²) in [6.07, 6.45) is 0.475. The Morgan fingerprint density at radius 3 is 2.14 bits per heavy atom. The Kier molecular flexibility index (Phi) is 12.8. The van der Waals surface area contributed by atoms with E-state index in [1.165, 1.54) is 0 Å². The molecule has 0 aromatic heterocycles. The molecule has 0 rings (SSSR count). The Morgan fingerprint density at radius 1 is 1.00 bits per heavy atom. The van der Waals surface area contributed by atoms with Crippen LogP contribution in [0.1, 0.15) is 12.8 Å². The molecule has 0 aliphatic rings. The molecule has 10 N–H and O–H groups in total. The van der Waals surface area contributed by atoms with Gasteiger partial charge in [0.25, 0.3) is 0 Å². The Labute approximate surface area is 173 Å². The molecule has 0 saturated heterocycles. The molecule has 3 unspecified atom stereocenters. The van der Waals surface area contributed by atoms with Crippen LogP contribution < -0.4 is 33.2 Å². The van der Waals surface area contributed by atoms with Gasteiger partial charge in [-0.15, -0.1) is 0 Å². The number of hydrogen-bond donors (Lipinski definition) is 9. The van der Waals surface area contributed by atoms with Crippen LogP contribution in [0.5, 0.6) is 0 Å². The first-order valence-corrected chi connectivity index (χ1v) is 9.51. The molecule has 160 valence electrons. The number of nitrogens with two attached hydrogens (primary N) is 3. The first-order valence-electron chi connectivity index (χ1n) is 8.25. The summed E-state index contributed by atoms with van der Waals surface area (Å²) >= 11 is 7.75. The number of nitrogens with zero attached hydrogens (tertiary/aromatic N) is 1. The number of rotatable bonds is 13. The number of thiol groups is 2. The van der Waals surface area contributed by atoms with Crippen LogP contribution in [-0.2, 0) is 19.2 Å². The largest absolute Gasteiger partial charge is 0.480 e. The smallest absolute Gasteiger partial charge is 0.327 e. The number of guanidine groups is 1. The van der Waals surface area contributed by atoms with Crippen LogP contribution in [0.3, 0.4) is 0 Å². The van der Waals surface area contributed by atoms with E-state index in [0.29, 0.717) is 6.42 Å². The molecule has 0 radical (unpaired) electrons. The van der Waals surface area contributed by atoms with Gasteiger partial charge in [-0.2, -0.15) is 25.3 Å². The molecular formula is C14H27N7O5S2. The number of carbonyl (C=O) groups excluding carboxylic acids is 3. The van der Waals surface area contributed by atoms with E-state index in [0.717, 1.165) is 0 Å². The van der Waals surface area contributed by atoms with Gasteiger partial charge >= 0.3 is 5.97 Å². The lowest BCUT2D eigenvalue weighted by molar-refractivity contribution is -0.141. The number of nitrogens with one attached hydrogen (secondary N) is 3. The minimum atomic E-state index is -1.26. The van der Waals surface area contributed by atoms with Gasteiger partial charge in [0.15, 0.2) is 5.96 Å². The maximum Gasteiger partial charge on any atom is 0.327 e. The minimum absolute atomic E-state index is 0.101. The summed E-state index contributed by atoms with van der Waals surface area (Å²) in [6.45, 7) is -0.197. The van der Waals surface area contributed by atoms with E-state index < -0.39 is 48.4 Å². The summed E-state index contributed by atoms with van der Waals surface area (Å²) in [5.41, 5.74) is 15.9. The van der Waals surface area contributed by atoms with Crippen molar-refractivity contribution in [2.45, 2.75) is 31.0 Å². The van der Waals surface area contributed by atoms with E-state index in [-0.39, 0.29) is 30.4 Å². The molecule has 0 aromatic rings. The molecule has 12 nitrogen and oxygen atoms in total. The van der Waals surface area contributed by atoms with Crippen molar-refractivity contribution < 1.29 is 24.3 Å². The Bertz CT molecular complexity index is 586. The zero-order valence-corrected chi connectivity index (χ0v) is 16.9. The summed E-state index contributed by atoms with van der Waals surface area (Å²) in [7, 11) is 0. The van der Waals surface area contributed by atoms with Crippen LogP contribution in [-0.4, -0.2) is 77.5 Å². The Balaban J connectivity index is 4.88. The molecule has 0 spiro atoms. The quantitative estimate of drug-likeness (QED) is 0.0605. The second-order valence-corrected chi connectivity index (χ2v) is 6.39. The van der Waals surface area contributed by atoms with E-state index in [1.54, 1.807) is 0 Å². The third kappa shape index (κ3) is 10.8. The number of carboxylic acid groups (broad SMARTS) is 1. The highest BCUT2D eigenvalue weighted by Crippen LogP contribution is 2.01. The lowest BCUT2D eigenvalue weighted by atomic mass is 10.1. The Morgan fingerprint density at radius 2 is 1.64 bits per heavy atom. The predicted octanol–water partition coefficient (Wildman–Crippen LogP) is -3.60. The molecule has 3 amide bonds. The zero-order valence-electron chi connectivity index (χ0n) is 15.1. The second-order valence-electron chi connectivity index (χ2n) is 5.66. The van der Waals surface area contributed by atoms with Crippen LogP contribution in [0, 0.1) is 0 Å². The molecule has 0 heterocycles. The summed E-state index contributed by atoms with van der Waals surface area (Å²) in [5, 5.41) is 16.0. The lowest BCUT2D eigenvalue weighted by Crippen LogP contribution is -2.54. The van der Waals surface area contributed by atoms with E-state index in [4.69, 9.17) is 22.3 Å². The van der Waals surface area contributed by atoms with Gasteiger partial charge < -0.3 is 38.3 Å². The molecular weight excluding hydrogens is 410 g/mol. The summed E-state index contributed by atoms with van der Waals surface area (Å²) < 4.78 is 0. The van der Waals surface area contributed by atoms with Gasteiger partial charge in [0, 0.05) is 18.1 Å². The van der Waals surface area contributed by atoms with Crippen molar-refractivity contribution in [3.05, 3.63) is 0 Å². The molecule has 14 heteroatoms. The predicted molar refractivity (Wildman–Crippen MR) is 110 cm³/mol. The maximum absolute atomic E-state index is 12.3. The number of aliphatic imine (C=N–C) groups is 1. The minimum Gasteiger partial charge on any atom is -0.480 e. The topological polar surface area (TPSA) is 215 Å². The molecule has 0 saturated carbocycles. The van der Waals surface area contributed by atoms with Crippen LogP contribution in [0.15, 0.2) is 4.99 Å². The number of hydrogen-bond acceptors (Lipinski definition) is 8. The third-order valence-electron chi connectivity index (χ3n) is 3.35. The van der Waals surface area contributed by atoms with Crippen LogP contribution >= 0.6 is 25.3 Å². The molecule has 28 heavy (non-hydrogen) atoms. The van der Waals surface area contributed by atoms with E-state index in [1.807, 2.05) is 0 Å². The van der Waals surface area contributed by atoms with Crippen molar-refractivity contribution in [3.8, 4) is 0 Å². The van der Waals surface area contributed by atoms with Crippen molar-refractivity contribution in [1.29, 1.82) is 0 Å². The van der Waals surface area contributed by atoms with Gasteiger partial charge in [0.05, 0.1) is 12.6 Å². The average Bonchev–Trinajstić information content (AvgIpc) is 2.64.